The lowest BCUT2D eigenvalue weighted by Crippen LogP contribution is -2.33. The Bertz CT molecular complexity index is 506. The van der Waals surface area contributed by atoms with Crippen LogP contribution in [0.1, 0.15) is 22.8 Å². The Hall–Kier alpha value is -1.88. The van der Waals surface area contributed by atoms with Gasteiger partial charge >= 0.3 is 0 Å². The summed E-state index contributed by atoms with van der Waals surface area (Å²) in [4.78, 5) is 25.0. The van der Waals surface area contributed by atoms with Crippen molar-refractivity contribution in [2.24, 2.45) is 0 Å². The van der Waals surface area contributed by atoms with E-state index in [-0.39, 0.29) is 5.91 Å². The van der Waals surface area contributed by atoms with Crippen LogP contribution in [-0.4, -0.2) is 35.9 Å². The fourth-order valence-corrected chi connectivity index (χ4v) is 1.96. The van der Waals surface area contributed by atoms with Gasteiger partial charge in [0, 0.05) is 30.9 Å². The summed E-state index contributed by atoms with van der Waals surface area (Å²) in [5.41, 5.74) is -0.468. The Morgan fingerprint density at radius 2 is 2.06 bits per heavy atom. The Labute approximate surface area is 99.0 Å². The molecule has 1 aliphatic heterocycles. The third kappa shape index (κ3) is 1.59. The fourth-order valence-electron chi connectivity index (χ4n) is 1.96. The molecule has 0 fully saturated rings. The molecular formula is C12H14N2O3. The van der Waals surface area contributed by atoms with Crippen LogP contribution in [0.15, 0.2) is 18.2 Å². The molecule has 17 heavy (non-hydrogen) atoms. The van der Waals surface area contributed by atoms with Gasteiger partial charge in [0.25, 0.3) is 11.8 Å². The van der Waals surface area contributed by atoms with Crippen LogP contribution in [0.3, 0.4) is 0 Å². The summed E-state index contributed by atoms with van der Waals surface area (Å²) in [5, 5.41) is 12.7. The molecule has 0 bridgehead atoms. The Kier molecular flexibility index (Phi) is 2.43. The van der Waals surface area contributed by atoms with Crippen molar-refractivity contribution in [3.8, 4) is 0 Å². The van der Waals surface area contributed by atoms with Crippen molar-refractivity contribution in [3.05, 3.63) is 29.3 Å². The predicted molar refractivity (Wildman–Crippen MR) is 62.7 cm³/mol. The standard InChI is InChI=1S/C12H14N2O3/c1-12(17)9-7(10(15)14(2)3)5-4-6-8(9)13-11(12)16/h4-6,17H,1-3H3,(H,13,16)/t12-/m0/s1. The van der Waals surface area contributed by atoms with Crippen molar-refractivity contribution in [2.75, 3.05) is 19.4 Å². The van der Waals surface area contributed by atoms with Crippen molar-refractivity contribution < 1.29 is 14.7 Å². The number of rotatable bonds is 1. The van der Waals surface area contributed by atoms with Crippen LogP contribution in [0.5, 0.6) is 0 Å². The summed E-state index contributed by atoms with van der Waals surface area (Å²) in [6.07, 6.45) is 0. The molecule has 1 aromatic carbocycles. The number of amides is 2. The molecule has 0 saturated heterocycles. The predicted octanol–water partition coefficient (Wildman–Crippen LogP) is 0.548. The van der Waals surface area contributed by atoms with Gasteiger partial charge < -0.3 is 15.3 Å². The van der Waals surface area contributed by atoms with Crippen molar-refractivity contribution in [3.63, 3.8) is 0 Å². The van der Waals surface area contributed by atoms with E-state index in [9.17, 15) is 14.7 Å². The maximum absolute atomic E-state index is 12.0. The molecule has 2 N–H and O–H groups in total. The van der Waals surface area contributed by atoms with Crippen LogP contribution in [-0.2, 0) is 10.4 Å². The Morgan fingerprint density at radius 3 is 2.65 bits per heavy atom. The smallest absolute Gasteiger partial charge is 0.260 e. The largest absolute Gasteiger partial charge is 0.375 e. The summed E-state index contributed by atoms with van der Waals surface area (Å²) < 4.78 is 0. The molecule has 1 atom stereocenters. The molecule has 0 spiro atoms. The number of aliphatic hydroxyl groups is 1. The van der Waals surface area contributed by atoms with E-state index in [0.29, 0.717) is 16.8 Å². The lowest BCUT2D eigenvalue weighted by molar-refractivity contribution is -0.131. The van der Waals surface area contributed by atoms with Gasteiger partial charge in [-0.3, -0.25) is 9.59 Å². The van der Waals surface area contributed by atoms with Gasteiger partial charge in [-0.25, -0.2) is 0 Å². The summed E-state index contributed by atoms with van der Waals surface area (Å²) in [5.74, 6) is -0.745. The lowest BCUT2D eigenvalue weighted by Gasteiger charge is -2.19. The number of nitrogens with zero attached hydrogens (tertiary/aromatic N) is 1. The minimum absolute atomic E-state index is 0.237. The first-order valence-electron chi connectivity index (χ1n) is 5.24. The normalized spacial score (nSPS) is 22.0. The van der Waals surface area contributed by atoms with Crippen LogP contribution < -0.4 is 5.32 Å². The average Bonchev–Trinajstić information content (AvgIpc) is 2.49. The molecule has 5 heteroatoms. The quantitative estimate of drug-likeness (QED) is 0.745. The maximum Gasteiger partial charge on any atom is 0.260 e. The minimum atomic E-state index is -1.66. The zero-order chi connectivity index (χ0) is 12.8. The lowest BCUT2D eigenvalue weighted by atomic mass is 9.92. The number of benzene rings is 1. The molecule has 0 radical (unpaired) electrons. The number of fused-ring (bicyclic) bond motifs is 1. The van der Waals surface area contributed by atoms with Gasteiger partial charge in [-0.05, 0) is 19.1 Å². The molecule has 2 amide bonds. The molecular weight excluding hydrogens is 220 g/mol. The van der Waals surface area contributed by atoms with Gasteiger partial charge in [-0.2, -0.15) is 0 Å². The first-order valence-corrected chi connectivity index (χ1v) is 5.24. The highest BCUT2D eigenvalue weighted by Crippen LogP contribution is 2.38. The van der Waals surface area contributed by atoms with Gasteiger partial charge in [-0.1, -0.05) is 6.07 Å². The van der Waals surface area contributed by atoms with E-state index < -0.39 is 11.5 Å². The summed E-state index contributed by atoms with van der Waals surface area (Å²) >= 11 is 0. The van der Waals surface area contributed by atoms with Crippen LogP contribution in [0.4, 0.5) is 5.69 Å². The van der Waals surface area contributed by atoms with Crippen molar-refractivity contribution in [1.29, 1.82) is 0 Å². The number of carbonyl (C=O) groups excluding carboxylic acids is 2. The number of hydrogen-bond donors (Lipinski definition) is 2. The number of carbonyl (C=O) groups is 2. The molecule has 90 valence electrons. The molecule has 0 aliphatic carbocycles. The number of anilines is 1. The van der Waals surface area contributed by atoms with Gasteiger partial charge in [0.15, 0.2) is 5.60 Å². The molecule has 0 unspecified atom stereocenters. The van der Waals surface area contributed by atoms with Crippen LogP contribution >= 0.6 is 0 Å². The topological polar surface area (TPSA) is 69.6 Å². The van der Waals surface area contributed by atoms with Crippen LogP contribution in [0.2, 0.25) is 0 Å². The molecule has 0 saturated carbocycles. The second-order valence-corrected chi connectivity index (χ2v) is 4.45. The maximum atomic E-state index is 12.0. The average molecular weight is 234 g/mol. The van der Waals surface area contributed by atoms with E-state index in [4.69, 9.17) is 0 Å². The molecule has 1 heterocycles. The van der Waals surface area contributed by atoms with E-state index in [2.05, 4.69) is 5.32 Å². The monoisotopic (exact) mass is 234 g/mol. The number of nitrogens with one attached hydrogen (secondary N) is 1. The van der Waals surface area contributed by atoms with Crippen molar-refractivity contribution in [1.82, 2.24) is 4.90 Å². The third-order valence-electron chi connectivity index (χ3n) is 2.88. The van der Waals surface area contributed by atoms with Crippen molar-refractivity contribution >= 4 is 17.5 Å². The Morgan fingerprint density at radius 1 is 1.41 bits per heavy atom. The molecule has 1 aromatic rings. The second kappa shape index (κ2) is 3.56. The SMILES string of the molecule is CN(C)C(=O)c1cccc2c1[C@](C)(O)C(=O)N2. The zero-order valence-corrected chi connectivity index (χ0v) is 9.94. The Balaban J connectivity index is 2.64. The minimum Gasteiger partial charge on any atom is -0.375 e. The molecule has 1 aliphatic rings. The fraction of sp³-hybridized carbons (Fsp3) is 0.333. The van der Waals surface area contributed by atoms with E-state index in [1.54, 1.807) is 32.3 Å². The first-order chi connectivity index (χ1) is 7.85. The highest BCUT2D eigenvalue weighted by atomic mass is 16.3. The second-order valence-electron chi connectivity index (χ2n) is 4.45. The van der Waals surface area contributed by atoms with Gasteiger partial charge in [0.2, 0.25) is 0 Å². The summed E-state index contributed by atoms with van der Waals surface area (Å²) in [6.45, 7) is 1.39. The zero-order valence-electron chi connectivity index (χ0n) is 9.94. The number of hydrogen-bond acceptors (Lipinski definition) is 3. The van der Waals surface area contributed by atoms with Gasteiger partial charge in [-0.15, -0.1) is 0 Å². The van der Waals surface area contributed by atoms with E-state index in [0.717, 1.165) is 0 Å². The molecule has 2 rings (SSSR count). The highest BCUT2D eigenvalue weighted by molar-refractivity contribution is 6.09. The van der Waals surface area contributed by atoms with E-state index in [1.165, 1.54) is 11.8 Å². The first kappa shape index (κ1) is 11.6. The van der Waals surface area contributed by atoms with Gasteiger partial charge in [0.05, 0.1) is 0 Å². The molecule has 0 aromatic heterocycles. The summed E-state index contributed by atoms with van der Waals surface area (Å²) in [7, 11) is 3.25. The molecule has 5 nitrogen and oxygen atoms in total. The van der Waals surface area contributed by atoms with Crippen molar-refractivity contribution in [2.45, 2.75) is 12.5 Å². The summed E-state index contributed by atoms with van der Waals surface area (Å²) in [6, 6.07) is 4.95. The van der Waals surface area contributed by atoms with E-state index >= 15 is 0 Å². The van der Waals surface area contributed by atoms with Crippen LogP contribution in [0.25, 0.3) is 0 Å². The highest BCUT2D eigenvalue weighted by Gasteiger charge is 2.43. The third-order valence-corrected chi connectivity index (χ3v) is 2.88. The van der Waals surface area contributed by atoms with E-state index in [1.807, 2.05) is 0 Å². The van der Waals surface area contributed by atoms with Crippen LogP contribution in [0, 0.1) is 0 Å². The van der Waals surface area contributed by atoms with Gasteiger partial charge in [0.1, 0.15) is 0 Å².